The normalized spacial score (nSPS) is 19.4. The van der Waals surface area contributed by atoms with E-state index in [9.17, 15) is 18.0 Å². The number of alkyl halides is 3. The minimum Gasteiger partial charge on any atom is -0.445 e. The fourth-order valence-electron chi connectivity index (χ4n) is 3.63. The third-order valence-electron chi connectivity index (χ3n) is 5.33. The van der Waals surface area contributed by atoms with Crippen LogP contribution in [0.2, 0.25) is 0 Å². The van der Waals surface area contributed by atoms with Gasteiger partial charge in [-0.3, -0.25) is 0 Å². The number of benzene rings is 1. The number of carbonyl (C=O) groups excluding carboxylic acids is 1. The van der Waals surface area contributed by atoms with Crippen LogP contribution < -0.4 is 5.32 Å². The van der Waals surface area contributed by atoms with Gasteiger partial charge in [0.05, 0.1) is 0 Å². The number of ether oxygens (including phenoxy) is 1. The van der Waals surface area contributed by atoms with E-state index in [0.717, 1.165) is 24.6 Å². The van der Waals surface area contributed by atoms with Gasteiger partial charge < -0.3 is 19.4 Å². The van der Waals surface area contributed by atoms with Crippen LogP contribution in [-0.4, -0.2) is 44.0 Å². The SMILES string of the molecule is C[C@@H]1CC[C@@H](Nc2nccn3cc(C(F)(F)F)nc23)CN1C(=O)OCc1ccccc1. The molecular formula is C21H22F3N5O2. The molecule has 1 N–H and O–H groups in total. The molecule has 0 saturated carbocycles. The Labute approximate surface area is 176 Å². The van der Waals surface area contributed by atoms with E-state index in [-0.39, 0.29) is 30.2 Å². The number of anilines is 1. The summed E-state index contributed by atoms with van der Waals surface area (Å²) in [4.78, 5) is 22.1. The molecule has 3 aromatic rings. The third-order valence-corrected chi connectivity index (χ3v) is 5.33. The van der Waals surface area contributed by atoms with E-state index in [0.29, 0.717) is 6.54 Å². The molecule has 0 bridgehead atoms. The van der Waals surface area contributed by atoms with Crippen LogP contribution in [0.3, 0.4) is 0 Å². The Hall–Kier alpha value is -3.30. The average Bonchev–Trinajstić information content (AvgIpc) is 3.20. The maximum absolute atomic E-state index is 13.0. The zero-order valence-corrected chi connectivity index (χ0v) is 16.8. The van der Waals surface area contributed by atoms with Crippen LogP contribution in [0, 0.1) is 0 Å². The van der Waals surface area contributed by atoms with E-state index in [2.05, 4.69) is 15.3 Å². The summed E-state index contributed by atoms with van der Waals surface area (Å²) in [7, 11) is 0. The number of amides is 1. The molecule has 0 unspecified atom stereocenters. The molecule has 0 radical (unpaired) electrons. The summed E-state index contributed by atoms with van der Waals surface area (Å²) < 4.78 is 45.8. The molecule has 7 nitrogen and oxygen atoms in total. The van der Waals surface area contributed by atoms with E-state index in [1.165, 1.54) is 16.8 Å². The van der Waals surface area contributed by atoms with Gasteiger partial charge in [0.25, 0.3) is 0 Å². The highest BCUT2D eigenvalue weighted by atomic mass is 19.4. The van der Waals surface area contributed by atoms with E-state index in [4.69, 9.17) is 4.74 Å². The summed E-state index contributed by atoms with van der Waals surface area (Å²) in [5, 5.41) is 3.16. The molecule has 1 aliphatic heterocycles. The van der Waals surface area contributed by atoms with Crippen molar-refractivity contribution in [3.05, 3.63) is 60.2 Å². The highest BCUT2D eigenvalue weighted by molar-refractivity contribution is 5.69. The first kappa shape index (κ1) is 21.0. The van der Waals surface area contributed by atoms with E-state index in [1.54, 1.807) is 4.90 Å². The first-order chi connectivity index (χ1) is 14.8. The van der Waals surface area contributed by atoms with Gasteiger partial charge in [0, 0.05) is 37.2 Å². The first-order valence-electron chi connectivity index (χ1n) is 9.96. The number of likely N-dealkylation sites (tertiary alicyclic amines) is 1. The summed E-state index contributed by atoms with van der Waals surface area (Å²) >= 11 is 0. The number of hydrogen-bond donors (Lipinski definition) is 1. The van der Waals surface area contributed by atoms with Gasteiger partial charge in [0.2, 0.25) is 0 Å². The third kappa shape index (κ3) is 4.73. The number of imidazole rings is 1. The molecule has 31 heavy (non-hydrogen) atoms. The van der Waals surface area contributed by atoms with Crippen molar-refractivity contribution < 1.29 is 22.7 Å². The first-order valence-corrected chi connectivity index (χ1v) is 9.96. The van der Waals surface area contributed by atoms with Gasteiger partial charge in [0.1, 0.15) is 6.61 Å². The molecule has 164 valence electrons. The second kappa shape index (κ2) is 8.44. The highest BCUT2D eigenvalue weighted by Gasteiger charge is 2.35. The molecule has 3 heterocycles. The van der Waals surface area contributed by atoms with Crippen molar-refractivity contribution in [3.63, 3.8) is 0 Å². The Morgan fingerprint density at radius 1 is 1.26 bits per heavy atom. The number of hydrogen-bond acceptors (Lipinski definition) is 5. The molecule has 1 aliphatic rings. The average molecular weight is 433 g/mol. The van der Waals surface area contributed by atoms with Gasteiger partial charge in [-0.15, -0.1) is 0 Å². The van der Waals surface area contributed by atoms with Crippen LogP contribution in [0.1, 0.15) is 31.0 Å². The number of nitrogens with one attached hydrogen (secondary N) is 1. The number of rotatable bonds is 4. The van der Waals surface area contributed by atoms with Crippen LogP contribution >= 0.6 is 0 Å². The van der Waals surface area contributed by atoms with E-state index < -0.39 is 18.0 Å². The number of fused-ring (bicyclic) bond motifs is 1. The number of nitrogens with zero attached hydrogens (tertiary/aromatic N) is 4. The number of halogens is 3. The molecule has 1 fully saturated rings. The monoisotopic (exact) mass is 433 g/mol. The van der Waals surface area contributed by atoms with Crippen molar-refractivity contribution in [3.8, 4) is 0 Å². The van der Waals surface area contributed by atoms with Crippen LogP contribution in [0.15, 0.2) is 48.9 Å². The minimum absolute atomic E-state index is 0.00617. The topological polar surface area (TPSA) is 71.8 Å². The fourth-order valence-corrected chi connectivity index (χ4v) is 3.63. The quantitative estimate of drug-likeness (QED) is 0.662. The molecule has 4 rings (SSSR count). The van der Waals surface area contributed by atoms with Gasteiger partial charge in [0.15, 0.2) is 17.2 Å². The predicted octanol–water partition coefficient (Wildman–Crippen LogP) is 4.35. The minimum atomic E-state index is -4.54. The maximum Gasteiger partial charge on any atom is 0.434 e. The molecule has 1 aromatic carbocycles. The molecular weight excluding hydrogens is 411 g/mol. The van der Waals surface area contributed by atoms with Crippen LogP contribution in [0.5, 0.6) is 0 Å². The van der Waals surface area contributed by atoms with Gasteiger partial charge in [-0.2, -0.15) is 13.2 Å². The molecule has 0 spiro atoms. The zero-order chi connectivity index (χ0) is 22.0. The van der Waals surface area contributed by atoms with Gasteiger partial charge >= 0.3 is 12.3 Å². The maximum atomic E-state index is 13.0. The molecule has 2 atom stereocenters. The highest BCUT2D eigenvalue weighted by Crippen LogP contribution is 2.30. The van der Waals surface area contributed by atoms with Gasteiger partial charge in [-0.1, -0.05) is 30.3 Å². The second-order valence-corrected chi connectivity index (χ2v) is 7.59. The van der Waals surface area contributed by atoms with Crippen molar-refractivity contribution >= 4 is 17.6 Å². The smallest absolute Gasteiger partial charge is 0.434 e. The second-order valence-electron chi connectivity index (χ2n) is 7.59. The summed E-state index contributed by atoms with van der Waals surface area (Å²) in [6, 6.07) is 9.20. The lowest BCUT2D eigenvalue weighted by Crippen LogP contribution is -2.49. The summed E-state index contributed by atoms with van der Waals surface area (Å²) in [5.74, 6) is 0.246. The largest absolute Gasteiger partial charge is 0.445 e. The molecule has 0 aliphatic carbocycles. The fraction of sp³-hybridized carbons (Fsp3) is 0.381. The zero-order valence-electron chi connectivity index (χ0n) is 16.8. The van der Waals surface area contributed by atoms with Crippen molar-refractivity contribution in [2.45, 2.75) is 44.6 Å². The number of piperidine rings is 1. The van der Waals surface area contributed by atoms with Crippen LogP contribution in [0.4, 0.5) is 23.8 Å². The Morgan fingerprint density at radius 3 is 2.77 bits per heavy atom. The molecule has 2 aromatic heterocycles. The van der Waals surface area contributed by atoms with Crippen molar-refractivity contribution in [1.82, 2.24) is 19.3 Å². The number of carbonyl (C=O) groups is 1. The van der Waals surface area contributed by atoms with Gasteiger partial charge in [-0.05, 0) is 25.3 Å². The lowest BCUT2D eigenvalue weighted by molar-refractivity contribution is -0.140. The standard InChI is InChI=1S/C21H22F3N5O2/c1-14-7-8-16(11-29(14)20(30)31-13-15-5-3-2-4-6-15)26-18-19-27-17(21(22,23)24)12-28(19)10-9-25-18/h2-6,9-10,12,14,16H,7-8,11,13H2,1H3,(H,25,26)/t14-,16-/m1/s1. The number of aromatic nitrogens is 3. The Kier molecular flexibility index (Phi) is 5.71. The van der Waals surface area contributed by atoms with Crippen LogP contribution in [-0.2, 0) is 17.5 Å². The lowest BCUT2D eigenvalue weighted by atomic mass is 10.00. The predicted molar refractivity (Wildman–Crippen MR) is 107 cm³/mol. The molecule has 1 saturated heterocycles. The van der Waals surface area contributed by atoms with Crippen molar-refractivity contribution in [1.29, 1.82) is 0 Å². The molecule has 10 heteroatoms. The summed E-state index contributed by atoms with van der Waals surface area (Å²) in [6.45, 7) is 2.48. The Balaban J connectivity index is 1.45. The van der Waals surface area contributed by atoms with Crippen LogP contribution in [0.25, 0.3) is 5.65 Å². The lowest BCUT2D eigenvalue weighted by Gasteiger charge is -2.37. The van der Waals surface area contributed by atoms with Crippen molar-refractivity contribution in [2.24, 2.45) is 0 Å². The van der Waals surface area contributed by atoms with Crippen molar-refractivity contribution in [2.75, 3.05) is 11.9 Å². The molecule has 1 amide bonds. The van der Waals surface area contributed by atoms with Gasteiger partial charge in [-0.25, -0.2) is 14.8 Å². The Morgan fingerprint density at radius 2 is 2.03 bits per heavy atom. The summed E-state index contributed by atoms with van der Waals surface area (Å²) in [5.41, 5.74) is 0.00410. The Bertz CT molecular complexity index is 1050. The van der Waals surface area contributed by atoms with E-state index in [1.807, 2.05) is 37.3 Å². The van der Waals surface area contributed by atoms with E-state index >= 15 is 0 Å². The summed E-state index contributed by atoms with van der Waals surface area (Å²) in [6.07, 6.45) is 0.256.